The molecule has 0 radical (unpaired) electrons. The van der Waals surface area contributed by atoms with Gasteiger partial charge < -0.3 is 10.1 Å². The molecule has 0 aromatic carbocycles. The number of ether oxygens (including phenoxy) is 1. The Morgan fingerprint density at radius 3 is 2.83 bits per heavy atom. The van der Waals surface area contributed by atoms with E-state index in [4.69, 9.17) is 4.74 Å². The first-order valence-electron chi connectivity index (χ1n) is 6.65. The van der Waals surface area contributed by atoms with E-state index < -0.39 is 6.04 Å². The zero-order chi connectivity index (χ0) is 13.4. The minimum atomic E-state index is -0.407. The van der Waals surface area contributed by atoms with Gasteiger partial charge in [0.15, 0.2) is 0 Å². The summed E-state index contributed by atoms with van der Waals surface area (Å²) in [6, 6.07) is -0.407. The summed E-state index contributed by atoms with van der Waals surface area (Å²) in [5.74, 6) is -0.234. The van der Waals surface area contributed by atoms with Crippen LogP contribution in [0, 0.1) is 0 Å². The Balaban J connectivity index is 2.76. The fourth-order valence-corrected chi connectivity index (χ4v) is 1.73. The van der Waals surface area contributed by atoms with Gasteiger partial charge in [0.05, 0.1) is 12.8 Å². The molecule has 0 bridgehead atoms. The Morgan fingerprint density at radius 2 is 2.22 bits per heavy atom. The maximum Gasteiger partial charge on any atom is 0.327 e. The second-order valence-corrected chi connectivity index (χ2v) is 4.18. The minimum absolute atomic E-state index is 0.234. The van der Waals surface area contributed by atoms with E-state index in [0.29, 0.717) is 6.61 Å². The number of nitrogens with one attached hydrogen (secondary N) is 1. The van der Waals surface area contributed by atoms with Crippen molar-refractivity contribution in [2.75, 3.05) is 13.2 Å². The Kier molecular flexibility index (Phi) is 6.43. The summed E-state index contributed by atoms with van der Waals surface area (Å²) in [5, 5.41) is 7.44. The monoisotopic (exact) mass is 253 g/mol. The van der Waals surface area contributed by atoms with Gasteiger partial charge in [-0.2, -0.15) is 5.10 Å². The molecule has 1 aromatic rings. The molecule has 0 aliphatic rings. The van der Waals surface area contributed by atoms with Gasteiger partial charge in [-0.15, -0.1) is 0 Å². The molecular weight excluding hydrogens is 230 g/mol. The lowest BCUT2D eigenvalue weighted by molar-refractivity contribution is -0.145. The Hall–Kier alpha value is -1.36. The van der Waals surface area contributed by atoms with Crippen molar-refractivity contribution in [2.24, 2.45) is 0 Å². The first kappa shape index (κ1) is 14.7. The number of hydrogen-bond donors (Lipinski definition) is 1. The number of carbonyl (C=O) groups excluding carboxylic acids is 1. The van der Waals surface area contributed by atoms with E-state index in [1.165, 1.54) is 0 Å². The third-order valence-electron chi connectivity index (χ3n) is 2.56. The predicted molar refractivity (Wildman–Crippen MR) is 70.2 cm³/mol. The van der Waals surface area contributed by atoms with Gasteiger partial charge >= 0.3 is 5.97 Å². The molecule has 1 rings (SSSR count). The normalized spacial score (nSPS) is 12.4. The highest BCUT2D eigenvalue weighted by Crippen LogP contribution is 2.14. The van der Waals surface area contributed by atoms with Crippen LogP contribution in [0.25, 0.3) is 0 Å². The molecule has 0 amide bonds. The van der Waals surface area contributed by atoms with Crippen LogP contribution in [0.15, 0.2) is 12.4 Å². The van der Waals surface area contributed by atoms with Crippen LogP contribution in [0.5, 0.6) is 0 Å². The van der Waals surface area contributed by atoms with Crippen LogP contribution in [0.2, 0.25) is 0 Å². The first-order chi connectivity index (χ1) is 8.72. The molecule has 0 spiro atoms. The van der Waals surface area contributed by atoms with Gasteiger partial charge in [-0.1, -0.05) is 13.8 Å². The van der Waals surface area contributed by atoms with Gasteiger partial charge in [0.2, 0.25) is 0 Å². The van der Waals surface area contributed by atoms with Crippen molar-refractivity contribution in [3.05, 3.63) is 18.0 Å². The maximum atomic E-state index is 11.9. The summed E-state index contributed by atoms with van der Waals surface area (Å²) < 4.78 is 6.94. The molecule has 0 aliphatic carbocycles. The molecule has 0 aliphatic heterocycles. The van der Waals surface area contributed by atoms with Crippen molar-refractivity contribution < 1.29 is 9.53 Å². The summed E-state index contributed by atoms with van der Waals surface area (Å²) >= 11 is 0. The first-order valence-corrected chi connectivity index (χ1v) is 6.65. The van der Waals surface area contributed by atoms with Crippen LogP contribution in [0.3, 0.4) is 0 Å². The standard InChI is InChI=1S/C13H23N3O2/c1-4-7-14-12(13(17)18-6-3)11-9-15-16(10-11)8-5-2/h9-10,12,14H,4-8H2,1-3H3. The second kappa shape index (κ2) is 7.87. The fourth-order valence-electron chi connectivity index (χ4n) is 1.73. The zero-order valence-corrected chi connectivity index (χ0v) is 11.5. The number of hydrogen-bond acceptors (Lipinski definition) is 4. The lowest BCUT2D eigenvalue weighted by atomic mass is 10.1. The smallest absolute Gasteiger partial charge is 0.327 e. The van der Waals surface area contributed by atoms with Crippen molar-refractivity contribution in [3.8, 4) is 0 Å². The maximum absolute atomic E-state index is 11.9. The van der Waals surface area contributed by atoms with Crippen molar-refractivity contribution in [2.45, 2.75) is 46.2 Å². The topological polar surface area (TPSA) is 56.1 Å². The highest BCUT2D eigenvalue weighted by molar-refractivity contribution is 5.77. The zero-order valence-electron chi connectivity index (χ0n) is 11.5. The van der Waals surface area contributed by atoms with Crippen LogP contribution >= 0.6 is 0 Å². The number of carbonyl (C=O) groups is 1. The molecule has 5 nitrogen and oxygen atoms in total. The summed E-state index contributed by atoms with van der Waals surface area (Å²) in [5.41, 5.74) is 0.871. The molecule has 1 N–H and O–H groups in total. The molecule has 18 heavy (non-hydrogen) atoms. The molecule has 1 aromatic heterocycles. The summed E-state index contributed by atoms with van der Waals surface area (Å²) in [6.45, 7) is 8.02. The van der Waals surface area contributed by atoms with E-state index in [1.54, 1.807) is 6.20 Å². The quantitative estimate of drug-likeness (QED) is 0.719. The predicted octanol–water partition coefficient (Wildman–Crippen LogP) is 1.90. The van der Waals surface area contributed by atoms with Crippen LogP contribution in [0.1, 0.15) is 45.2 Å². The van der Waals surface area contributed by atoms with Crippen molar-refractivity contribution in [1.82, 2.24) is 15.1 Å². The second-order valence-electron chi connectivity index (χ2n) is 4.18. The van der Waals surface area contributed by atoms with Crippen LogP contribution < -0.4 is 5.32 Å². The van der Waals surface area contributed by atoms with Gasteiger partial charge in [-0.3, -0.25) is 4.68 Å². The van der Waals surface area contributed by atoms with E-state index in [9.17, 15) is 4.79 Å². The molecule has 0 saturated heterocycles. The molecular formula is C13H23N3O2. The van der Waals surface area contributed by atoms with Gasteiger partial charge in [-0.25, -0.2) is 4.79 Å². The van der Waals surface area contributed by atoms with E-state index in [0.717, 1.165) is 31.5 Å². The van der Waals surface area contributed by atoms with Crippen LogP contribution in [-0.2, 0) is 16.1 Å². The number of esters is 1. The van der Waals surface area contributed by atoms with E-state index >= 15 is 0 Å². The van der Waals surface area contributed by atoms with Crippen molar-refractivity contribution in [1.29, 1.82) is 0 Å². The Labute approximate surface area is 109 Å². The third kappa shape index (κ3) is 4.14. The van der Waals surface area contributed by atoms with Crippen LogP contribution in [-0.4, -0.2) is 28.9 Å². The van der Waals surface area contributed by atoms with Gasteiger partial charge in [0, 0.05) is 18.3 Å². The van der Waals surface area contributed by atoms with Gasteiger partial charge in [0.25, 0.3) is 0 Å². The van der Waals surface area contributed by atoms with Gasteiger partial charge in [-0.05, 0) is 26.3 Å². The molecule has 5 heteroatoms. The Morgan fingerprint density at radius 1 is 1.44 bits per heavy atom. The van der Waals surface area contributed by atoms with Crippen molar-refractivity contribution >= 4 is 5.97 Å². The summed E-state index contributed by atoms with van der Waals surface area (Å²) in [4.78, 5) is 11.9. The van der Waals surface area contributed by atoms with E-state index in [1.807, 2.05) is 17.8 Å². The van der Waals surface area contributed by atoms with Gasteiger partial charge in [0.1, 0.15) is 6.04 Å². The minimum Gasteiger partial charge on any atom is -0.465 e. The average molecular weight is 253 g/mol. The Bertz CT molecular complexity index is 363. The van der Waals surface area contributed by atoms with E-state index in [2.05, 4.69) is 24.3 Å². The lowest BCUT2D eigenvalue weighted by Crippen LogP contribution is -2.30. The molecule has 1 heterocycles. The molecule has 1 atom stereocenters. The number of aromatic nitrogens is 2. The number of aryl methyl sites for hydroxylation is 1. The molecule has 1 unspecified atom stereocenters. The van der Waals surface area contributed by atoms with Crippen LogP contribution in [0.4, 0.5) is 0 Å². The summed E-state index contributed by atoms with van der Waals surface area (Å²) in [6.07, 6.45) is 5.64. The number of nitrogens with zero attached hydrogens (tertiary/aromatic N) is 2. The SMILES string of the molecule is CCCNC(C(=O)OCC)c1cnn(CCC)c1. The largest absolute Gasteiger partial charge is 0.465 e. The molecule has 0 saturated carbocycles. The average Bonchev–Trinajstić information content (AvgIpc) is 2.79. The fraction of sp³-hybridized carbons (Fsp3) is 0.692. The highest BCUT2D eigenvalue weighted by Gasteiger charge is 2.22. The summed E-state index contributed by atoms with van der Waals surface area (Å²) in [7, 11) is 0. The number of rotatable bonds is 8. The molecule has 0 fully saturated rings. The molecule has 102 valence electrons. The third-order valence-corrected chi connectivity index (χ3v) is 2.56. The highest BCUT2D eigenvalue weighted by atomic mass is 16.5. The van der Waals surface area contributed by atoms with Crippen molar-refractivity contribution in [3.63, 3.8) is 0 Å². The van der Waals surface area contributed by atoms with E-state index in [-0.39, 0.29) is 5.97 Å². The lowest BCUT2D eigenvalue weighted by Gasteiger charge is -2.15.